The molecule has 0 aliphatic heterocycles. The van der Waals surface area contributed by atoms with Gasteiger partial charge < -0.3 is 10.1 Å². The molecule has 0 aromatic carbocycles. The molecule has 1 saturated carbocycles. The van der Waals surface area contributed by atoms with Crippen molar-refractivity contribution in [3.05, 3.63) is 22.5 Å². The van der Waals surface area contributed by atoms with Gasteiger partial charge in [-0.25, -0.2) is 0 Å². The maximum Gasteiger partial charge on any atom is 0.308 e. The highest BCUT2D eigenvalue weighted by atomic mass is 16.6. The van der Waals surface area contributed by atoms with E-state index in [1.165, 1.54) is 10.9 Å². The Kier molecular flexibility index (Phi) is 4.28. The summed E-state index contributed by atoms with van der Waals surface area (Å²) in [4.78, 5) is 32.5. The van der Waals surface area contributed by atoms with Crippen molar-refractivity contribution in [1.82, 2.24) is 15.1 Å². The number of esters is 1. The first kappa shape index (κ1) is 14.0. The molecule has 0 atom stereocenters. The number of nitro groups is 1. The van der Waals surface area contributed by atoms with Crippen molar-refractivity contribution in [2.24, 2.45) is 5.92 Å². The summed E-state index contributed by atoms with van der Waals surface area (Å²) >= 11 is 0. The lowest BCUT2D eigenvalue weighted by molar-refractivity contribution is -0.385. The summed E-state index contributed by atoms with van der Waals surface area (Å²) < 4.78 is 6.11. The van der Waals surface area contributed by atoms with Crippen LogP contribution in [0, 0.1) is 16.0 Å². The van der Waals surface area contributed by atoms with Gasteiger partial charge in [0.25, 0.3) is 0 Å². The van der Waals surface area contributed by atoms with Crippen molar-refractivity contribution in [2.45, 2.75) is 19.4 Å². The monoisotopic (exact) mass is 282 g/mol. The number of rotatable bonds is 7. The molecule has 1 fully saturated rings. The summed E-state index contributed by atoms with van der Waals surface area (Å²) in [6, 6.07) is 0. The van der Waals surface area contributed by atoms with Crippen LogP contribution in [0.25, 0.3) is 0 Å². The fourth-order valence-corrected chi connectivity index (χ4v) is 1.52. The van der Waals surface area contributed by atoms with E-state index >= 15 is 0 Å². The SMILES string of the molecule is O=C(Cn1cc([N+](=O)[O-])cn1)NCCOC(=O)C1CC1. The second-order valence-electron chi connectivity index (χ2n) is 4.44. The zero-order chi connectivity index (χ0) is 14.5. The summed E-state index contributed by atoms with van der Waals surface area (Å²) in [7, 11) is 0. The molecule has 0 spiro atoms. The van der Waals surface area contributed by atoms with Crippen LogP contribution < -0.4 is 5.32 Å². The van der Waals surface area contributed by atoms with Crippen molar-refractivity contribution in [1.29, 1.82) is 0 Å². The van der Waals surface area contributed by atoms with Crippen LogP contribution in [-0.4, -0.2) is 39.7 Å². The van der Waals surface area contributed by atoms with Gasteiger partial charge in [0, 0.05) is 0 Å². The van der Waals surface area contributed by atoms with Crippen molar-refractivity contribution in [2.75, 3.05) is 13.2 Å². The van der Waals surface area contributed by atoms with Crippen molar-refractivity contribution < 1.29 is 19.2 Å². The number of hydrogen-bond donors (Lipinski definition) is 1. The fourth-order valence-electron chi connectivity index (χ4n) is 1.52. The highest BCUT2D eigenvalue weighted by Gasteiger charge is 2.30. The van der Waals surface area contributed by atoms with E-state index in [2.05, 4.69) is 10.4 Å². The van der Waals surface area contributed by atoms with Crippen LogP contribution in [0.5, 0.6) is 0 Å². The zero-order valence-electron chi connectivity index (χ0n) is 10.7. The Morgan fingerprint density at radius 3 is 2.90 bits per heavy atom. The molecular weight excluding hydrogens is 268 g/mol. The van der Waals surface area contributed by atoms with Gasteiger partial charge in [0.05, 0.1) is 17.4 Å². The highest BCUT2D eigenvalue weighted by molar-refractivity contribution is 5.76. The van der Waals surface area contributed by atoms with Crippen LogP contribution >= 0.6 is 0 Å². The van der Waals surface area contributed by atoms with E-state index in [0.29, 0.717) is 0 Å². The van der Waals surface area contributed by atoms with Crippen LogP contribution in [0.15, 0.2) is 12.4 Å². The van der Waals surface area contributed by atoms with Gasteiger partial charge in [-0.2, -0.15) is 5.10 Å². The average molecular weight is 282 g/mol. The largest absolute Gasteiger partial charge is 0.464 e. The van der Waals surface area contributed by atoms with Crippen LogP contribution in [0.2, 0.25) is 0 Å². The summed E-state index contributed by atoms with van der Waals surface area (Å²) in [6.45, 7) is 0.214. The van der Waals surface area contributed by atoms with Gasteiger partial charge in [0.2, 0.25) is 5.91 Å². The lowest BCUT2D eigenvalue weighted by Gasteiger charge is -2.06. The molecule has 1 aromatic heterocycles. The lowest BCUT2D eigenvalue weighted by Crippen LogP contribution is -2.31. The lowest BCUT2D eigenvalue weighted by atomic mass is 10.4. The number of carbonyl (C=O) groups excluding carboxylic acids is 2. The second-order valence-corrected chi connectivity index (χ2v) is 4.44. The molecule has 9 nitrogen and oxygen atoms in total. The number of nitrogens with one attached hydrogen (secondary N) is 1. The molecule has 1 amide bonds. The van der Waals surface area contributed by atoms with Crippen molar-refractivity contribution in [3.8, 4) is 0 Å². The molecule has 0 bridgehead atoms. The first-order valence-electron chi connectivity index (χ1n) is 6.16. The van der Waals surface area contributed by atoms with Gasteiger partial charge in [-0.1, -0.05) is 0 Å². The highest BCUT2D eigenvalue weighted by Crippen LogP contribution is 2.29. The van der Waals surface area contributed by atoms with E-state index in [-0.39, 0.29) is 43.2 Å². The Hall–Kier alpha value is -2.45. The molecule has 0 unspecified atom stereocenters. The minimum atomic E-state index is -0.585. The fraction of sp³-hybridized carbons (Fsp3) is 0.545. The van der Waals surface area contributed by atoms with E-state index in [0.717, 1.165) is 19.0 Å². The third-order valence-electron chi connectivity index (χ3n) is 2.72. The van der Waals surface area contributed by atoms with Crippen LogP contribution in [0.1, 0.15) is 12.8 Å². The van der Waals surface area contributed by atoms with E-state index in [1.54, 1.807) is 0 Å². The van der Waals surface area contributed by atoms with E-state index < -0.39 is 4.92 Å². The molecule has 9 heteroatoms. The van der Waals surface area contributed by atoms with E-state index in [9.17, 15) is 19.7 Å². The normalized spacial score (nSPS) is 13.8. The quantitative estimate of drug-likeness (QED) is 0.322. The maximum atomic E-state index is 11.5. The number of ether oxygens (including phenoxy) is 1. The minimum absolute atomic E-state index is 0.0373. The van der Waals surface area contributed by atoms with Crippen molar-refractivity contribution >= 4 is 17.6 Å². The van der Waals surface area contributed by atoms with Gasteiger partial charge in [-0.15, -0.1) is 0 Å². The molecule has 1 aromatic rings. The second kappa shape index (κ2) is 6.13. The molecule has 1 N–H and O–H groups in total. The smallest absolute Gasteiger partial charge is 0.308 e. The van der Waals surface area contributed by atoms with Crippen molar-refractivity contribution in [3.63, 3.8) is 0 Å². The molecule has 2 rings (SSSR count). The first-order chi connectivity index (χ1) is 9.56. The third kappa shape index (κ3) is 4.04. The molecule has 108 valence electrons. The molecule has 1 heterocycles. The van der Waals surface area contributed by atoms with Crippen LogP contribution in [-0.2, 0) is 20.9 Å². The van der Waals surface area contributed by atoms with Gasteiger partial charge >= 0.3 is 11.7 Å². The molecular formula is C11H14N4O5. The van der Waals surface area contributed by atoms with Crippen LogP contribution in [0.4, 0.5) is 5.69 Å². The van der Waals surface area contributed by atoms with Gasteiger partial charge in [0.1, 0.15) is 25.5 Å². The van der Waals surface area contributed by atoms with Gasteiger partial charge in [0.15, 0.2) is 0 Å². The number of amides is 1. The first-order valence-corrected chi connectivity index (χ1v) is 6.16. The summed E-state index contributed by atoms with van der Waals surface area (Å²) in [5, 5.41) is 16.7. The Balaban J connectivity index is 1.64. The third-order valence-corrected chi connectivity index (χ3v) is 2.72. The van der Waals surface area contributed by atoms with E-state index in [1.807, 2.05) is 0 Å². The zero-order valence-corrected chi connectivity index (χ0v) is 10.7. The molecule has 1 aliphatic rings. The predicted octanol–water partition coefficient (Wildman–Crippen LogP) is -0.139. The molecule has 20 heavy (non-hydrogen) atoms. The van der Waals surface area contributed by atoms with E-state index in [4.69, 9.17) is 4.74 Å². The topological polar surface area (TPSA) is 116 Å². The van der Waals surface area contributed by atoms with Crippen LogP contribution in [0.3, 0.4) is 0 Å². The predicted molar refractivity (Wildman–Crippen MR) is 65.6 cm³/mol. The summed E-state index contributed by atoms with van der Waals surface area (Å²) in [5.74, 6) is -0.539. The Labute approximate surface area is 114 Å². The number of carbonyl (C=O) groups is 2. The Morgan fingerprint density at radius 2 is 2.30 bits per heavy atom. The molecule has 0 saturated heterocycles. The molecule has 0 radical (unpaired) electrons. The Bertz CT molecular complexity index is 523. The summed E-state index contributed by atoms with van der Waals surface area (Å²) in [5.41, 5.74) is -0.170. The molecule has 1 aliphatic carbocycles. The maximum absolute atomic E-state index is 11.5. The number of aromatic nitrogens is 2. The average Bonchev–Trinajstić information content (AvgIpc) is 3.15. The standard InChI is InChI=1S/C11H14N4O5/c16-10(7-14-6-9(5-13-14)15(18)19)12-3-4-20-11(17)8-1-2-8/h5-6,8H,1-4,7H2,(H,12,16). The minimum Gasteiger partial charge on any atom is -0.464 e. The van der Waals surface area contributed by atoms with Gasteiger partial charge in [-0.3, -0.25) is 24.4 Å². The van der Waals surface area contributed by atoms with Gasteiger partial charge in [-0.05, 0) is 12.8 Å². The Morgan fingerprint density at radius 1 is 1.55 bits per heavy atom. The number of hydrogen-bond acceptors (Lipinski definition) is 6. The summed E-state index contributed by atoms with van der Waals surface area (Å²) in [6.07, 6.45) is 4.00. The number of nitrogens with zero attached hydrogens (tertiary/aromatic N) is 3.